The molecule has 6 nitrogen and oxygen atoms in total. The van der Waals surface area contributed by atoms with Crippen LogP contribution in [0.1, 0.15) is 30.3 Å². The first-order chi connectivity index (χ1) is 11.3. The van der Waals surface area contributed by atoms with Crippen LogP contribution in [0.5, 0.6) is 0 Å². The normalized spacial score (nSPS) is 14.3. The molecule has 1 N–H and O–H groups in total. The predicted molar refractivity (Wildman–Crippen MR) is 85.9 cm³/mol. The van der Waals surface area contributed by atoms with Crippen LogP contribution in [0.3, 0.4) is 0 Å². The number of hydrogen-bond donors (Lipinski definition) is 1. The highest BCUT2D eigenvalue weighted by Crippen LogP contribution is 2.31. The lowest BCUT2D eigenvalue weighted by Crippen LogP contribution is -2.32. The van der Waals surface area contributed by atoms with Gasteiger partial charge in [-0.15, -0.1) is 0 Å². The Balaban J connectivity index is 1.63. The fraction of sp³-hybridized carbons (Fsp3) is 0.353. The lowest BCUT2D eigenvalue weighted by molar-refractivity contribution is 0.0725. The summed E-state index contributed by atoms with van der Waals surface area (Å²) in [6.07, 6.45) is 7.36. The van der Waals surface area contributed by atoms with Crippen molar-refractivity contribution in [3.05, 3.63) is 36.7 Å². The minimum Gasteiger partial charge on any atom is -0.458 e. The quantitative estimate of drug-likeness (QED) is 0.785. The van der Waals surface area contributed by atoms with E-state index in [1.54, 1.807) is 12.3 Å². The lowest BCUT2D eigenvalue weighted by atomic mass is 10.1. The molecule has 0 unspecified atom stereocenters. The molecular weight excluding hydrogens is 292 g/mol. The zero-order chi connectivity index (χ0) is 15.8. The Hall–Kier alpha value is -2.63. The van der Waals surface area contributed by atoms with Crippen LogP contribution in [-0.2, 0) is 0 Å². The average Bonchev–Trinajstić information content (AvgIpc) is 3.06. The number of aromatic nitrogens is 3. The summed E-state index contributed by atoms with van der Waals surface area (Å²) in [6.45, 7) is 3.51. The van der Waals surface area contributed by atoms with E-state index in [-0.39, 0.29) is 5.91 Å². The zero-order valence-electron chi connectivity index (χ0n) is 13.0. The van der Waals surface area contributed by atoms with Crippen LogP contribution in [0.4, 0.5) is 0 Å². The third-order valence-electron chi connectivity index (χ3n) is 4.28. The molecule has 4 rings (SSSR count). The van der Waals surface area contributed by atoms with Crippen LogP contribution >= 0.6 is 0 Å². The first-order valence-corrected chi connectivity index (χ1v) is 7.92. The number of furan rings is 1. The third-order valence-corrected chi connectivity index (χ3v) is 4.28. The number of hydrogen-bond acceptors (Lipinski definition) is 4. The Morgan fingerprint density at radius 2 is 2.30 bits per heavy atom. The molecule has 1 aliphatic carbocycles. The second-order valence-electron chi connectivity index (χ2n) is 5.95. The molecule has 118 valence electrons. The van der Waals surface area contributed by atoms with Gasteiger partial charge in [0.15, 0.2) is 5.76 Å². The van der Waals surface area contributed by atoms with Crippen LogP contribution in [0, 0.1) is 5.92 Å². The summed E-state index contributed by atoms with van der Waals surface area (Å²) in [7, 11) is 0. The summed E-state index contributed by atoms with van der Waals surface area (Å²) < 4.78 is 5.53. The number of H-pyrrole nitrogens is 1. The lowest BCUT2D eigenvalue weighted by Gasteiger charge is -2.19. The fourth-order valence-corrected chi connectivity index (χ4v) is 2.80. The van der Waals surface area contributed by atoms with Gasteiger partial charge in [0, 0.05) is 30.2 Å². The van der Waals surface area contributed by atoms with Crippen molar-refractivity contribution in [2.45, 2.75) is 19.8 Å². The number of fused-ring (bicyclic) bond motifs is 1. The van der Waals surface area contributed by atoms with Gasteiger partial charge in [-0.3, -0.25) is 4.79 Å². The Bertz CT molecular complexity index is 847. The number of amides is 1. The van der Waals surface area contributed by atoms with E-state index in [0.717, 1.165) is 28.8 Å². The molecule has 0 spiro atoms. The Morgan fingerprint density at radius 3 is 3.09 bits per heavy atom. The molecule has 23 heavy (non-hydrogen) atoms. The number of aromatic amines is 1. The van der Waals surface area contributed by atoms with Crippen LogP contribution < -0.4 is 0 Å². The maximum Gasteiger partial charge on any atom is 0.289 e. The predicted octanol–water partition coefficient (Wildman–Crippen LogP) is 3.09. The number of rotatable bonds is 5. The van der Waals surface area contributed by atoms with Gasteiger partial charge in [-0.25, -0.2) is 9.97 Å². The average molecular weight is 310 g/mol. The van der Waals surface area contributed by atoms with Crippen molar-refractivity contribution in [2.24, 2.45) is 5.92 Å². The largest absolute Gasteiger partial charge is 0.458 e. The Kier molecular flexibility index (Phi) is 3.37. The van der Waals surface area contributed by atoms with Crippen molar-refractivity contribution in [3.8, 4) is 11.3 Å². The molecule has 1 saturated carbocycles. The Morgan fingerprint density at radius 1 is 1.43 bits per heavy atom. The molecule has 0 aliphatic heterocycles. The molecule has 6 heteroatoms. The van der Waals surface area contributed by atoms with Gasteiger partial charge in [-0.2, -0.15) is 0 Å². The molecule has 0 bridgehead atoms. The van der Waals surface area contributed by atoms with Gasteiger partial charge in [0.1, 0.15) is 18.2 Å². The van der Waals surface area contributed by atoms with Crippen molar-refractivity contribution in [1.29, 1.82) is 0 Å². The molecule has 0 saturated heterocycles. The SMILES string of the molecule is CCN(CC1CC1)C(=O)c1cc(-c2ncnc3[nH]ccc23)co1. The second kappa shape index (κ2) is 5.53. The van der Waals surface area contributed by atoms with Crippen molar-refractivity contribution >= 4 is 16.9 Å². The highest BCUT2D eigenvalue weighted by atomic mass is 16.3. The summed E-state index contributed by atoms with van der Waals surface area (Å²) in [5.74, 6) is 0.976. The topological polar surface area (TPSA) is 75.0 Å². The summed E-state index contributed by atoms with van der Waals surface area (Å²) in [5.41, 5.74) is 2.33. The Labute approximate surface area is 133 Å². The second-order valence-corrected chi connectivity index (χ2v) is 5.95. The first kappa shape index (κ1) is 14.0. The van der Waals surface area contributed by atoms with Gasteiger partial charge in [0.05, 0.1) is 5.69 Å². The van der Waals surface area contributed by atoms with E-state index in [1.807, 2.05) is 24.1 Å². The van der Waals surface area contributed by atoms with Gasteiger partial charge in [-0.05, 0) is 37.8 Å². The van der Waals surface area contributed by atoms with E-state index in [0.29, 0.717) is 18.2 Å². The van der Waals surface area contributed by atoms with Crippen molar-refractivity contribution in [1.82, 2.24) is 19.9 Å². The van der Waals surface area contributed by atoms with Crippen LogP contribution in [0.15, 0.2) is 35.3 Å². The standard InChI is InChI=1S/C17H18N4O2/c1-2-21(8-11-3-4-11)17(22)14-7-12(9-23-14)15-13-5-6-18-16(13)20-10-19-15/h5-7,9-11H,2-4,8H2,1H3,(H,18,19,20). The van der Waals surface area contributed by atoms with Crippen LogP contribution in [-0.4, -0.2) is 38.8 Å². The van der Waals surface area contributed by atoms with Crippen molar-refractivity contribution < 1.29 is 9.21 Å². The molecule has 0 atom stereocenters. The van der Waals surface area contributed by atoms with Crippen LogP contribution in [0.25, 0.3) is 22.3 Å². The van der Waals surface area contributed by atoms with E-state index in [2.05, 4.69) is 15.0 Å². The van der Waals surface area contributed by atoms with E-state index in [1.165, 1.54) is 19.2 Å². The molecule has 0 aromatic carbocycles. The molecule has 1 fully saturated rings. The maximum atomic E-state index is 12.6. The summed E-state index contributed by atoms with van der Waals surface area (Å²) in [6, 6.07) is 3.69. The van der Waals surface area contributed by atoms with E-state index in [4.69, 9.17) is 4.42 Å². The highest BCUT2D eigenvalue weighted by molar-refractivity contribution is 5.95. The van der Waals surface area contributed by atoms with Gasteiger partial charge < -0.3 is 14.3 Å². The minimum atomic E-state index is -0.0509. The summed E-state index contributed by atoms with van der Waals surface area (Å²) >= 11 is 0. The molecule has 3 aromatic rings. The highest BCUT2D eigenvalue weighted by Gasteiger charge is 2.27. The van der Waals surface area contributed by atoms with E-state index >= 15 is 0 Å². The molecule has 1 aliphatic rings. The first-order valence-electron chi connectivity index (χ1n) is 7.92. The number of nitrogens with one attached hydrogen (secondary N) is 1. The molecule has 0 radical (unpaired) electrons. The fourth-order valence-electron chi connectivity index (χ4n) is 2.80. The van der Waals surface area contributed by atoms with E-state index in [9.17, 15) is 4.79 Å². The summed E-state index contributed by atoms with van der Waals surface area (Å²) in [5, 5.41) is 0.914. The monoisotopic (exact) mass is 310 g/mol. The third kappa shape index (κ3) is 2.60. The number of nitrogens with zero attached hydrogens (tertiary/aromatic N) is 3. The van der Waals surface area contributed by atoms with Gasteiger partial charge in [0.25, 0.3) is 5.91 Å². The van der Waals surface area contributed by atoms with Crippen LogP contribution in [0.2, 0.25) is 0 Å². The molecule has 3 aromatic heterocycles. The minimum absolute atomic E-state index is 0.0509. The number of carbonyl (C=O) groups excluding carboxylic acids is 1. The molecule has 3 heterocycles. The van der Waals surface area contributed by atoms with Gasteiger partial charge in [-0.1, -0.05) is 0 Å². The molecule has 1 amide bonds. The molecular formula is C17H18N4O2. The van der Waals surface area contributed by atoms with Crippen molar-refractivity contribution in [3.63, 3.8) is 0 Å². The smallest absolute Gasteiger partial charge is 0.289 e. The number of carbonyl (C=O) groups is 1. The van der Waals surface area contributed by atoms with Crippen molar-refractivity contribution in [2.75, 3.05) is 13.1 Å². The zero-order valence-corrected chi connectivity index (χ0v) is 13.0. The summed E-state index contributed by atoms with van der Waals surface area (Å²) in [4.78, 5) is 26.0. The van der Waals surface area contributed by atoms with Gasteiger partial charge in [0.2, 0.25) is 0 Å². The van der Waals surface area contributed by atoms with Gasteiger partial charge >= 0.3 is 0 Å². The van der Waals surface area contributed by atoms with E-state index < -0.39 is 0 Å². The maximum absolute atomic E-state index is 12.6.